The Bertz CT molecular complexity index is 1050. The number of fused-ring (bicyclic) bond motifs is 1. The summed E-state index contributed by atoms with van der Waals surface area (Å²) in [4.78, 5) is 41.5. The lowest BCUT2D eigenvalue weighted by atomic mass is 10.1. The summed E-state index contributed by atoms with van der Waals surface area (Å²) in [6, 6.07) is 9.89. The molecule has 0 fully saturated rings. The molecule has 3 rings (SSSR count). The molecule has 0 saturated heterocycles. The number of nitrogens with one attached hydrogen (secondary N) is 1. The lowest BCUT2D eigenvalue weighted by Gasteiger charge is -2.33. The number of aryl methyl sites for hydroxylation is 2. The van der Waals surface area contributed by atoms with Gasteiger partial charge in [0.25, 0.3) is 5.91 Å². The van der Waals surface area contributed by atoms with Gasteiger partial charge in [-0.25, -0.2) is 0 Å². The fourth-order valence-electron chi connectivity index (χ4n) is 3.62. The molecule has 33 heavy (non-hydrogen) atoms. The van der Waals surface area contributed by atoms with E-state index in [0.717, 1.165) is 11.1 Å². The topological polar surface area (TPSA) is 88.2 Å². The minimum absolute atomic E-state index is 0.141. The highest BCUT2D eigenvalue weighted by atomic mass is 16.5. The van der Waals surface area contributed by atoms with Crippen molar-refractivity contribution in [3.8, 4) is 11.5 Å². The Morgan fingerprint density at radius 1 is 1.18 bits per heavy atom. The van der Waals surface area contributed by atoms with Gasteiger partial charge in [0, 0.05) is 18.7 Å². The van der Waals surface area contributed by atoms with E-state index in [1.54, 1.807) is 25.1 Å². The summed E-state index contributed by atoms with van der Waals surface area (Å²) in [6.45, 7) is 6.44. The van der Waals surface area contributed by atoms with E-state index < -0.39 is 6.04 Å². The van der Waals surface area contributed by atoms with Crippen molar-refractivity contribution >= 4 is 23.3 Å². The summed E-state index contributed by atoms with van der Waals surface area (Å²) in [7, 11) is 3.83. The van der Waals surface area contributed by atoms with Crippen molar-refractivity contribution in [2.45, 2.75) is 26.8 Å². The number of carbonyl (C=O) groups is 3. The fraction of sp³-hybridized carbons (Fsp3) is 0.400. The number of amides is 2. The summed E-state index contributed by atoms with van der Waals surface area (Å²) in [5.41, 5.74) is 2.85. The number of hydrogen-bond acceptors (Lipinski definition) is 6. The molecular formula is C25H31N3O5. The van der Waals surface area contributed by atoms with Crippen LogP contribution in [0.5, 0.6) is 11.5 Å². The number of likely N-dealkylation sites (N-methyl/N-ethyl adjacent to an activating group) is 1. The Morgan fingerprint density at radius 2 is 1.94 bits per heavy atom. The third-order valence-corrected chi connectivity index (χ3v) is 5.47. The molecule has 8 heteroatoms. The second-order valence-corrected chi connectivity index (χ2v) is 8.49. The van der Waals surface area contributed by atoms with E-state index in [4.69, 9.17) is 9.47 Å². The molecule has 176 valence electrons. The number of benzene rings is 2. The number of ether oxygens (including phenoxy) is 2. The van der Waals surface area contributed by atoms with Gasteiger partial charge in [0.15, 0.2) is 19.0 Å². The maximum atomic E-state index is 12.8. The van der Waals surface area contributed by atoms with Crippen molar-refractivity contribution in [1.29, 1.82) is 0 Å². The first-order chi connectivity index (χ1) is 15.7. The van der Waals surface area contributed by atoms with E-state index in [1.165, 1.54) is 4.90 Å². The largest absolute Gasteiger partial charge is 0.485 e. The van der Waals surface area contributed by atoms with Crippen molar-refractivity contribution in [1.82, 2.24) is 10.2 Å². The van der Waals surface area contributed by atoms with Crippen molar-refractivity contribution in [2.24, 2.45) is 0 Å². The Balaban J connectivity index is 1.76. The molecule has 0 bridgehead atoms. The van der Waals surface area contributed by atoms with Gasteiger partial charge in [-0.05, 0) is 64.7 Å². The first kappa shape index (κ1) is 24.3. The highest BCUT2D eigenvalue weighted by Crippen LogP contribution is 2.34. The lowest BCUT2D eigenvalue weighted by molar-refractivity contribution is -0.127. The fourth-order valence-corrected chi connectivity index (χ4v) is 3.62. The molecular weight excluding hydrogens is 422 g/mol. The van der Waals surface area contributed by atoms with Crippen LogP contribution in [0.15, 0.2) is 36.4 Å². The summed E-state index contributed by atoms with van der Waals surface area (Å²) < 4.78 is 11.2. The predicted octanol–water partition coefficient (Wildman–Crippen LogP) is 2.36. The molecule has 2 aromatic rings. The molecule has 0 aliphatic carbocycles. The molecule has 1 N–H and O–H groups in total. The van der Waals surface area contributed by atoms with Crippen molar-refractivity contribution in [3.63, 3.8) is 0 Å². The van der Waals surface area contributed by atoms with Gasteiger partial charge in [0.1, 0.15) is 17.5 Å². The van der Waals surface area contributed by atoms with E-state index in [0.29, 0.717) is 35.8 Å². The minimum atomic E-state index is -0.751. The maximum Gasteiger partial charge on any atom is 0.265 e. The SMILES string of the molecule is Cc1ccc(OCC(=O)c2ccc3c(c2)N(C(C)C(=O)NCCN(C)C)C(=O)CO3)c(C)c1. The number of Topliss-reactive ketones (excluding diaryl/α,β-unsaturated/α-hetero) is 1. The average molecular weight is 454 g/mol. The molecule has 1 atom stereocenters. The summed E-state index contributed by atoms with van der Waals surface area (Å²) in [6.07, 6.45) is 0. The van der Waals surface area contributed by atoms with Crippen LogP contribution in [0, 0.1) is 13.8 Å². The summed E-state index contributed by atoms with van der Waals surface area (Å²) in [5, 5.41) is 2.85. The third kappa shape index (κ3) is 5.90. The minimum Gasteiger partial charge on any atom is -0.485 e. The number of anilines is 1. The van der Waals surface area contributed by atoms with Crippen LogP contribution in [0.3, 0.4) is 0 Å². The van der Waals surface area contributed by atoms with Gasteiger partial charge in [-0.3, -0.25) is 19.3 Å². The predicted molar refractivity (Wildman–Crippen MR) is 126 cm³/mol. The molecule has 0 saturated carbocycles. The van der Waals surface area contributed by atoms with Crippen LogP contribution in [0.4, 0.5) is 5.69 Å². The highest BCUT2D eigenvalue weighted by Gasteiger charge is 2.33. The Hall–Kier alpha value is -3.39. The van der Waals surface area contributed by atoms with Crippen molar-refractivity contribution < 1.29 is 23.9 Å². The molecule has 0 spiro atoms. The molecule has 1 aliphatic heterocycles. The van der Waals surface area contributed by atoms with Crippen molar-refractivity contribution in [3.05, 3.63) is 53.1 Å². The van der Waals surface area contributed by atoms with E-state index in [-0.39, 0.29) is 30.8 Å². The van der Waals surface area contributed by atoms with Gasteiger partial charge >= 0.3 is 0 Å². The quantitative estimate of drug-likeness (QED) is 0.587. The van der Waals surface area contributed by atoms with Crippen LogP contribution in [-0.2, 0) is 9.59 Å². The van der Waals surface area contributed by atoms with E-state index in [9.17, 15) is 14.4 Å². The Morgan fingerprint density at radius 3 is 2.64 bits per heavy atom. The molecule has 2 amide bonds. The Labute approximate surface area is 194 Å². The van der Waals surface area contributed by atoms with Crippen LogP contribution in [0.2, 0.25) is 0 Å². The standard InChI is InChI=1S/C25H31N3O5/c1-16-6-8-22(17(2)12-16)32-14-21(29)19-7-9-23-20(13-19)28(24(30)15-33-23)18(3)25(31)26-10-11-27(4)5/h6-9,12-13,18H,10-11,14-15H2,1-5H3,(H,26,31). The zero-order chi connectivity index (χ0) is 24.1. The van der Waals surface area contributed by atoms with E-state index >= 15 is 0 Å². The second kappa shape index (κ2) is 10.5. The monoisotopic (exact) mass is 453 g/mol. The number of rotatable bonds is 9. The second-order valence-electron chi connectivity index (χ2n) is 8.49. The van der Waals surface area contributed by atoms with Gasteiger partial charge in [-0.2, -0.15) is 0 Å². The van der Waals surface area contributed by atoms with E-state index in [2.05, 4.69) is 5.32 Å². The van der Waals surface area contributed by atoms with Crippen LogP contribution in [0.25, 0.3) is 0 Å². The summed E-state index contributed by atoms with van der Waals surface area (Å²) >= 11 is 0. The average Bonchev–Trinajstić information content (AvgIpc) is 2.77. The Kier molecular flexibility index (Phi) is 7.71. The maximum absolute atomic E-state index is 12.8. The van der Waals surface area contributed by atoms with Gasteiger partial charge < -0.3 is 19.7 Å². The molecule has 0 aromatic heterocycles. The zero-order valence-electron chi connectivity index (χ0n) is 19.8. The third-order valence-electron chi connectivity index (χ3n) is 5.47. The number of ketones is 1. The highest BCUT2D eigenvalue weighted by molar-refractivity contribution is 6.05. The lowest BCUT2D eigenvalue weighted by Crippen LogP contribution is -2.52. The van der Waals surface area contributed by atoms with Gasteiger partial charge in [0.05, 0.1) is 5.69 Å². The van der Waals surface area contributed by atoms with Crippen LogP contribution >= 0.6 is 0 Å². The van der Waals surface area contributed by atoms with Crippen molar-refractivity contribution in [2.75, 3.05) is 45.3 Å². The van der Waals surface area contributed by atoms with Gasteiger partial charge in [-0.1, -0.05) is 17.7 Å². The normalized spacial score (nSPS) is 13.9. The molecule has 1 aliphatic rings. The summed E-state index contributed by atoms with van der Waals surface area (Å²) in [5.74, 6) is 0.255. The number of nitrogens with zero attached hydrogens (tertiary/aromatic N) is 2. The molecule has 2 aromatic carbocycles. The number of hydrogen-bond donors (Lipinski definition) is 1. The molecule has 8 nitrogen and oxygen atoms in total. The van der Waals surface area contributed by atoms with Gasteiger partial charge in [0.2, 0.25) is 5.91 Å². The molecule has 1 heterocycles. The van der Waals surface area contributed by atoms with Crippen LogP contribution < -0.4 is 19.7 Å². The number of carbonyl (C=O) groups excluding carboxylic acids is 3. The van der Waals surface area contributed by atoms with E-state index in [1.807, 2.05) is 51.0 Å². The first-order valence-electron chi connectivity index (χ1n) is 10.9. The van der Waals surface area contributed by atoms with Gasteiger partial charge in [-0.15, -0.1) is 0 Å². The smallest absolute Gasteiger partial charge is 0.265 e. The first-order valence-corrected chi connectivity index (χ1v) is 10.9. The molecule has 1 unspecified atom stereocenters. The van der Waals surface area contributed by atoms with Crippen LogP contribution in [-0.4, -0.2) is 68.9 Å². The zero-order valence-corrected chi connectivity index (χ0v) is 19.8. The van der Waals surface area contributed by atoms with Crippen LogP contribution in [0.1, 0.15) is 28.4 Å². The molecule has 0 radical (unpaired) electrons.